The van der Waals surface area contributed by atoms with Gasteiger partial charge < -0.3 is 5.73 Å². The van der Waals surface area contributed by atoms with Crippen LogP contribution in [-0.2, 0) is 13.0 Å². The molecule has 0 amide bonds. The Morgan fingerprint density at radius 1 is 1.35 bits per heavy atom. The van der Waals surface area contributed by atoms with Crippen molar-refractivity contribution in [1.82, 2.24) is 9.78 Å². The third-order valence-corrected chi connectivity index (χ3v) is 5.04. The first-order valence-corrected chi connectivity index (χ1v) is 6.57. The number of rotatable bonds is 4. The molecule has 1 aliphatic rings. The second-order valence-corrected chi connectivity index (χ2v) is 6.49. The largest absolute Gasteiger partial charge is 0.327 e. The van der Waals surface area contributed by atoms with Gasteiger partial charge in [-0.3, -0.25) is 4.68 Å². The molecule has 1 fully saturated rings. The molecule has 17 heavy (non-hydrogen) atoms. The molecule has 1 aromatic rings. The molecule has 0 radical (unpaired) electrons. The summed E-state index contributed by atoms with van der Waals surface area (Å²) in [6, 6.07) is 0.245. The van der Waals surface area contributed by atoms with Gasteiger partial charge in [0.25, 0.3) is 0 Å². The molecule has 2 N–H and O–H groups in total. The second-order valence-electron chi connectivity index (χ2n) is 6.49. The van der Waals surface area contributed by atoms with Crippen LogP contribution in [0.25, 0.3) is 0 Å². The number of hydrogen-bond donors (Lipinski definition) is 1. The van der Waals surface area contributed by atoms with Crippen LogP contribution in [0, 0.1) is 16.7 Å². The summed E-state index contributed by atoms with van der Waals surface area (Å²) < 4.78 is 1.96. The molecule has 0 bridgehead atoms. The third-order valence-electron chi connectivity index (χ3n) is 5.04. The first-order valence-electron chi connectivity index (χ1n) is 6.57. The molecule has 1 heterocycles. The fraction of sp³-hybridized carbons (Fsp3) is 0.786. The second kappa shape index (κ2) is 3.84. The van der Waals surface area contributed by atoms with Crippen molar-refractivity contribution >= 4 is 0 Å². The Balaban J connectivity index is 2.01. The van der Waals surface area contributed by atoms with E-state index in [1.165, 1.54) is 5.56 Å². The summed E-state index contributed by atoms with van der Waals surface area (Å²) in [6.45, 7) is 12.3. The van der Waals surface area contributed by atoms with Gasteiger partial charge in [-0.25, -0.2) is 0 Å². The number of aryl methyl sites for hydroxylation is 1. The van der Waals surface area contributed by atoms with E-state index in [2.05, 4.69) is 45.9 Å². The van der Waals surface area contributed by atoms with Gasteiger partial charge >= 0.3 is 0 Å². The highest BCUT2D eigenvalue weighted by Gasteiger charge is 2.66. The van der Waals surface area contributed by atoms with Crippen LogP contribution in [-0.4, -0.2) is 15.8 Å². The summed E-state index contributed by atoms with van der Waals surface area (Å²) in [5.74, 6) is 0.611. The quantitative estimate of drug-likeness (QED) is 0.871. The standard InChI is InChI=1S/C14H25N3/c1-6-17-9-10(8-16-17)7-11(15)12-13(2,3)14(12,4)5/h8-9,11-12H,6-7,15H2,1-5H3. The molecule has 1 atom stereocenters. The van der Waals surface area contributed by atoms with E-state index in [4.69, 9.17) is 5.73 Å². The molecule has 0 saturated heterocycles. The highest BCUT2D eigenvalue weighted by atomic mass is 15.3. The Bertz CT molecular complexity index is 389. The van der Waals surface area contributed by atoms with E-state index in [0.29, 0.717) is 16.7 Å². The van der Waals surface area contributed by atoms with E-state index in [1.54, 1.807) is 0 Å². The molecule has 1 aliphatic carbocycles. The molecule has 1 unspecified atom stereocenters. The smallest absolute Gasteiger partial charge is 0.0522 e. The number of nitrogens with zero attached hydrogens (tertiary/aromatic N) is 2. The van der Waals surface area contributed by atoms with Crippen LogP contribution in [0.3, 0.4) is 0 Å². The summed E-state index contributed by atoms with van der Waals surface area (Å²) in [4.78, 5) is 0. The SMILES string of the molecule is CCn1cc(CC(N)C2C(C)(C)C2(C)C)cn1. The van der Waals surface area contributed by atoms with Crippen LogP contribution >= 0.6 is 0 Å². The molecule has 0 aliphatic heterocycles. The molecule has 96 valence electrons. The van der Waals surface area contributed by atoms with Crippen molar-refractivity contribution in [3.63, 3.8) is 0 Å². The van der Waals surface area contributed by atoms with Crippen molar-refractivity contribution in [2.75, 3.05) is 0 Å². The Labute approximate surface area is 104 Å². The lowest BCUT2D eigenvalue weighted by Crippen LogP contribution is -2.28. The van der Waals surface area contributed by atoms with Gasteiger partial charge in [-0.2, -0.15) is 5.10 Å². The first kappa shape index (κ1) is 12.6. The van der Waals surface area contributed by atoms with Crippen molar-refractivity contribution in [2.45, 2.75) is 53.6 Å². The normalized spacial score (nSPS) is 23.6. The highest BCUT2D eigenvalue weighted by Crippen LogP contribution is 2.69. The van der Waals surface area contributed by atoms with Gasteiger partial charge in [0.05, 0.1) is 6.20 Å². The van der Waals surface area contributed by atoms with Crippen molar-refractivity contribution in [3.8, 4) is 0 Å². The Morgan fingerprint density at radius 2 is 1.94 bits per heavy atom. The predicted molar refractivity (Wildman–Crippen MR) is 70.6 cm³/mol. The maximum atomic E-state index is 6.38. The minimum absolute atomic E-state index is 0.245. The lowest BCUT2D eigenvalue weighted by molar-refractivity contribution is 0.457. The number of aromatic nitrogens is 2. The van der Waals surface area contributed by atoms with Gasteiger partial charge in [0.15, 0.2) is 0 Å². The predicted octanol–water partition coefficient (Wildman–Crippen LogP) is 2.46. The fourth-order valence-corrected chi connectivity index (χ4v) is 3.39. The lowest BCUT2D eigenvalue weighted by atomic mass is 9.99. The van der Waals surface area contributed by atoms with E-state index in [9.17, 15) is 0 Å². The van der Waals surface area contributed by atoms with Crippen LogP contribution in [0.1, 0.15) is 40.2 Å². The first-order chi connectivity index (χ1) is 7.80. The summed E-state index contributed by atoms with van der Waals surface area (Å²) >= 11 is 0. The van der Waals surface area contributed by atoms with Crippen molar-refractivity contribution in [3.05, 3.63) is 18.0 Å². The fourth-order valence-electron chi connectivity index (χ4n) is 3.39. The van der Waals surface area contributed by atoms with Crippen molar-refractivity contribution in [2.24, 2.45) is 22.5 Å². The Hall–Kier alpha value is -0.830. The van der Waals surface area contributed by atoms with Crippen LogP contribution in [0.2, 0.25) is 0 Å². The minimum atomic E-state index is 0.245. The van der Waals surface area contributed by atoms with Crippen LogP contribution < -0.4 is 5.73 Å². The van der Waals surface area contributed by atoms with E-state index >= 15 is 0 Å². The van der Waals surface area contributed by atoms with Gasteiger partial charge in [0.1, 0.15) is 0 Å². The molecular weight excluding hydrogens is 210 g/mol. The number of hydrogen-bond acceptors (Lipinski definition) is 2. The molecule has 0 spiro atoms. The van der Waals surface area contributed by atoms with E-state index in [0.717, 1.165) is 13.0 Å². The molecule has 1 aromatic heterocycles. The molecular formula is C14H25N3. The molecule has 2 rings (SSSR count). The molecule has 3 heteroatoms. The van der Waals surface area contributed by atoms with Crippen LogP contribution in [0.4, 0.5) is 0 Å². The van der Waals surface area contributed by atoms with Gasteiger partial charge in [0, 0.05) is 18.8 Å². The van der Waals surface area contributed by atoms with Gasteiger partial charge in [-0.05, 0) is 35.7 Å². The summed E-state index contributed by atoms with van der Waals surface area (Å²) in [7, 11) is 0. The monoisotopic (exact) mass is 235 g/mol. The maximum Gasteiger partial charge on any atom is 0.0522 e. The van der Waals surface area contributed by atoms with Crippen molar-refractivity contribution < 1.29 is 0 Å². The van der Waals surface area contributed by atoms with E-state index in [1.807, 2.05) is 10.9 Å². The Morgan fingerprint density at radius 3 is 2.35 bits per heavy atom. The average molecular weight is 235 g/mol. The maximum absolute atomic E-state index is 6.38. The summed E-state index contributed by atoms with van der Waals surface area (Å²) in [5.41, 5.74) is 8.37. The summed E-state index contributed by atoms with van der Waals surface area (Å²) in [6.07, 6.45) is 5.01. The lowest BCUT2D eigenvalue weighted by Gasteiger charge is -2.12. The van der Waals surface area contributed by atoms with E-state index in [-0.39, 0.29) is 6.04 Å². The molecule has 1 saturated carbocycles. The van der Waals surface area contributed by atoms with Crippen LogP contribution in [0.5, 0.6) is 0 Å². The van der Waals surface area contributed by atoms with Crippen molar-refractivity contribution in [1.29, 1.82) is 0 Å². The van der Waals surface area contributed by atoms with Gasteiger partial charge in [-0.15, -0.1) is 0 Å². The van der Waals surface area contributed by atoms with Gasteiger partial charge in [0.2, 0.25) is 0 Å². The Kier molecular flexibility index (Phi) is 2.85. The average Bonchev–Trinajstić information content (AvgIpc) is 2.57. The van der Waals surface area contributed by atoms with Crippen LogP contribution in [0.15, 0.2) is 12.4 Å². The molecule has 3 nitrogen and oxygen atoms in total. The number of nitrogens with two attached hydrogens (primary N) is 1. The third kappa shape index (κ3) is 1.90. The zero-order chi connectivity index (χ0) is 12.8. The molecule has 0 aromatic carbocycles. The minimum Gasteiger partial charge on any atom is -0.327 e. The topological polar surface area (TPSA) is 43.8 Å². The van der Waals surface area contributed by atoms with Gasteiger partial charge in [-0.1, -0.05) is 27.7 Å². The zero-order valence-corrected chi connectivity index (χ0v) is 11.7. The highest BCUT2D eigenvalue weighted by molar-refractivity contribution is 5.18. The zero-order valence-electron chi connectivity index (χ0n) is 11.7. The van der Waals surface area contributed by atoms with E-state index < -0.39 is 0 Å². The summed E-state index contributed by atoms with van der Waals surface area (Å²) in [5, 5.41) is 4.30.